The van der Waals surface area contributed by atoms with Crippen LogP contribution in [-0.4, -0.2) is 42.8 Å². The average Bonchev–Trinajstić information content (AvgIpc) is 3.53. The third-order valence-corrected chi connectivity index (χ3v) is 8.77. The van der Waals surface area contributed by atoms with Gasteiger partial charge in [0.1, 0.15) is 11.3 Å². The number of aromatic carboxylic acids is 1. The Labute approximate surface area is 282 Å². The number of hydrogen-bond acceptors (Lipinski definition) is 8. The number of rotatable bonds is 9. The van der Waals surface area contributed by atoms with Crippen LogP contribution in [0.1, 0.15) is 80.5 Å². The zero-order valence-corrected chi connectivity index (χ0v) is 26.5. The van der Waals surface area contributed by atoms with E-state index >= 15 is 0 Å². The summed E-state index contributed by atoms with van der Waals surface area (Å²) in [6.07, 6.45) is 5.08. The highest BCUT2D eigenvalue weighted by molar-refractivity contribution is 5.97. The SMILES string of the molecule is O=C(Oc1nnc(OC(=O)c2ccccc2)c2c1nc(C1CCCCC1)n2Cc1ccc(-c2ccccc2C(=O)O)cc1)c1ccccc1. The van der Waals surface area contributed by atoms with Crippen molar-refractivity contribution in [1.29, 1.82) is 0 Å². The number of nitrogens with zero attached hydrogens (tertiary/aromatic N) is 4. The number of benzene rings is 4. The van der Waals surface area contributed by atoms with E-state index in [4.69, 9.17) is 14.5 Å². The molecule has 1 aliphatic carbocycles. The Bertz CT molecular complexity index is 2140. The van der Waals surface area contributed by atoms with Crippen molar-refractivity contribution >= 4 is 28.9 Å². The second kappa shape index (κ2) is 13.9. The Hall–Kier alpha value is -6.16. The van der Waals surface area contributed by atoms with E-state index in [-0.39, 0.29) is 28.8 Å². The molecule has 0 radical (unpaired) electrons. The van der Waals surface area contributed by atoms with E-state index in [1.165, 1.54) is 0 Å². The van der Waals surface area contributed by atoms with Gasteiger partial charge in [-0.1, -0.05) is 98.1 Å². The van der Waals surface area contributed by atoms with Crippen LogP contribution >= 0.6 is 0 Å². The van der Waals surface area contributed by atoms with Crippen molar-refractivity contribution < 1.29 is 29.0 Å². The minimum absolute atomic E-state index is 0.0510. The first kappa shape index (κ1) is 31.4. The lowest BCUT2D eigenvalue weighted by Gasteiger charge is -2.22. The molecule has 49 heavy (non-hydrogen) atoms. The molecule has 0 aliphatic heterocycles. The predicted octanol–water partition coefficient (Wildman–Crippen LogP) is 7.73. The van der Waals surface area contributed by atoms with Crippen LogP contribution in [0.5, 0.6) is 11.8 Å². The van der Waals surface area contributed by atoms with Gasteiger partial charge in [0, 0.05) is 12.5 Å². The molecule has 1 fully saturated rings. The third kappa shape index (κ3) is 6.66. The van der Waals surface area contributed by atoms with Gasteiger partial charge in [-0.3, -0.25) is 0 Å². The van der Waals surface area contributed by atoms with Crippen molar-refractivity contribution in [1.82, 2.24) is 19.7 Å². The largest absolute Gasteiger partial charge is 0.478 e. The molecule has 10 heteroatoms. The molecule has 0 unspecified atom stereocenters. The molecule has 10 nitrogen and oxygen atoms in total. The van der Waals surface area contributed by atoms with Crippen molar-refractivity contribution in [2.75, 3.05) is 0 Å². The van der Waals surface area contributed by atoms with E-state index in [1.807, 2.05) is 41.0 Å². The second-order valence-electron chi connectivity index (χ2n) is 12.0. The molecule has 1 aliphatic rings. The molecule has 1 N–H and O–H groups in total. The van der Waals surface area contributed by atoms with Crippen molar-refractivity contribution in [2.45, 2.75) is 44.6 Å². The minimum atomic E-state index is -0.996. The summed E-state index contributed by atoms with van der Waals surface area (Å²) >= 11 is 0. The van der Waals surface area contributed by atoms with Crippen molar-refractivity contribution in [2.24, 2.45) is 0 Å². The monoisotopic (exact) mass is 652 g/mol. The fourth-order valence-electron chi connectivity index (χ4n) is 6.33. The molecule has 0 atom stereocenters. The number of hydrogen-bond donors (Lipinski definition) is 1. The number of carbonyl (C=O) groups is 3. The smallest absolute Gasteiger partial charge is 0.344 e. The zero-order chi connectivity index (χ0) is 33.7. The first-order valence-electron chi connectivity index (χ1n) is 16.2. The molecule has 0 saturated heterocycles. The van der Waals surface area contributed by atoms with E-state index in [1.54, 1.807) is 72.8 Å². The second-order valence-corrected chi connectivity index (χ2v) is 12.0. The van der Waals surface area contributed by atoms with Gasteiger partial charge in [-0.15, -0.1) is 10.2 Å². The van der Waals surface area contributed by atoms with Gasteiger partial charge in [0.15, 0.2) is 5.52 Å². The molecule has 0 spiro atoms. The van der Waals surface area contributed by atoms with Crippen LogP contribution in [0.3, 0.4) is 0 Å². The minimum Gasteiger partial charge on any atom is -0.478 e. The summed E-state index contributed by atoms with van der Waals surface area (Å²) in [5, 5.41) is 18.2. The number of esters is 2. The van der Waals surface area contributed by atoms with Gasteiger partial charge < -0.3 is 19.1 Å². The molecule has 4 aromatic carbocycles. The lowest BCUT2D eigenvalue weighted by Crippen LogP contribution is -2.15. The fourth-order valence-corrected chi connectivity index (χ4v) is 6.33. The molecule has 0 amide bonds. The van der Waals surface area contributed by atoms with Crippen LogP contribution in [-0.2, 0) is 6.54 Å². The topological polar surface area (TPSA) is 133 Å². The highest BCUT2D eigenvalue weighted by atomic mass is 16.6. The standard InChI is InChI=1S/C39H32N4O6/c44-37(45)31-19-11-10-18-30(31)26-22-20-25(21-23-26)24-43-33-32(40-34(43)27-12-4-1-5-13-27)35(48-38(46)28-14-6-2-7-15-28)41-42-36(33)49-39(47)29-16-8-3-9-17-29/h2-3,6-11,14-23,27H,1,4-5,12-13,24H2,(H,44,45). The van der Waals surface area contributed by atoms with Gasteiger partial charge in [-0.25, -0.2) is 19.4 Å². The number of carboxylic acid groups (broad SMARTS) is 1. The van der Waals surface area contributed by atoms with Crippen LogP contribution in [0, 0.1) is 0 Å². The first-order valence-corrected chi connectivity index (χ1v) is 16.2. The van der Waals surface area contributed by atoms with Gasteiger partial charge in [0.2, 0.25) is 0 Å². The molecule has 7 rings (SSSR count). The summed E-state index contributed by atoms with van der Waals surface area (Å²) in [5.74, 6) is -1.49. The number of fused-ring (bicyclic) bond motifs is 1. The zero-order valence-electron chi connectivity index (χ0n) is 26.5. The molecule has 0 bridgehead atoms. The molecular weight excluding hydrogens is 620 g/mol. The maximum absolute atomic E-state index is 13.3. The maximum atomic E-state index is 13.3. The van der Waals surface area contributed by atoms with E-state index in [2.05, 4.69) is 10.2 Å². The predicted molar refractivity (Wildman–Crippen MR) is 182 cm³/mol. The Kier molecular flexibility index (Phi) is 8.92. The molecule has 2 heterocycles. The molecule has 244 valence electrons. The fraction of sp³-hybridized carbons (Fsp3) is 0.179. The highest BCUT2D eigenvalue weighted by Gasteiger charge is 2.29. The lowest BCUT2D eigenvalue weighted by molar-refractivity contribution is 0.0694. The van der Waals surface area contributed by atoms with E-state index in [9.17, 15) is 19.5 Å². The summed E-state index contributed by atoms with van der Waals surface area (Å²) in [6, 6.07) is 31.7. The van der Waals surface area contributed by atoms with Gasteiger partial charge >= 0.3 is 17.9 Å². The normalized spacial score (nSPS) is 13.2. The Morgan fingerprint density at radius 3 is 1.90 bits per heavy atom. The highest BCUT2D eigenvalue weighted by Crippen LogP contribution is 2.38. The number of carboxylic acids is 1. The third-order valence-electron chi connectivity index (χ3n) is 8.77. The number of imidazole rings is 1. The van der Waals surface area contributed by atoms with Gasteiger partial charge in [0.25, 0.3) is 11.8 Å². The van der Waals surface area contributed by atoms with Crippen LogP contribution in [0.15, 0.2) is 109 Å². The lowest BCUT2D eigenvalue weighted by atomic mass is 9.88. The summed E-state index contributed by atoms with van der Waals surface area (Å²) in [4.78, 5) is 43.4. The van der Waals surface area contributed by atoms with Crippen LogP contribution in [0.2, 0.25) is 0 Å². The average molecular weight is 653 g/mol. The molecule has 1 saturated carbocycles. The number of ether oxygens (including phenoxy) is 2. The van der Waals surface area contributed by atoms with Gasteiger partial charge in [-0.05, 0) is 59.9 Å². The van der Waals surface area contributed by atoms with E-state index in [0.717, 1.165) is 49.1 Å². The molecular formula is C39H32N4O6. The van der Waals surface area contributed by atoms with Crippen LogP contribution in [0.4, 0.5) is 0 Å². The van der Waals surface area contributed by atoms with Gasteiger partial charge in [-0.2, -0.15) is 0 Å². The van der Waals surface area contributed by atoms with E-state index in [0.29, 0.717) is 28.8 Å². The summed E-state index contributed by atoms with van der Waals surface area (Å²) in [6.45, 7) is 0.330. The summed E-state index contributed by atoms with van der Waals surface area (Å²) in [7, 11) is 0. The van der Waals surface area contributed by atoms with Crippen molar-refractivity contribution in [3.8, 4) is 22.9 Å². The maximum Gasteiger partial charge on any atom is 0.344 e. The summed E-state index contributed by atoms with van der Waals surface area (Å²) in [5.41, 5.74) is 3.83. The van der Waals surface area contributed by atoms with Crippen LogP contribution < -0.4 is 9.47 Å². The summed E-state index contributed by atoms with van der Waals surface area (Å²) < 4.78 is 13.6. The number of carbonyl (C=O) groups excluding carboxylic acids is 2. The van der Waals surface area contributed by atoms with Crippen molar-refractivity contribution in [3.63, 3.8) is 0 Å². The van der Waals surface area contributed by atoms with Crippen LogP contribution in [0.25, 0.3) is 22.2 Å². The van der Waals surface area contributed by atoms with E-state index < -0.39 is 17.9 Å². The Balaban J connectivity index is 1.34. The number of aromatic nitrogens is 4. The molecule has 6 aromatic rings. The van der Waals surface area contributed by atoms with Gasteiger partial charge in [0.05, 0.1) is 16.7 Å². The van der Waals surface area contributed by atoms with Crippen molar-refractivity contribution in [3.05, 3.63) is 137 Å². The Morgan fingerprint density at radius 2 is 1.27 bits per heavy atom. The Morgan fingerprint density at radius 1 is 0.694 bits per heavy atom. The molecule has 2 aromatic heterocycles. The first-order chi connectivity index (χ1) is 24.0. The quantitative estimate of drug-likeness (QED) is 0.156.